The number of hydrogen-bond acceptors (Lipinski definition) is 4. The van der Waals surface area contributed by atoms with Gasteiger partial charge >= 0.3 is 0 Å². The van der Waals surface area contributed by atoms with Crippen LogP contribution in [0.3, 0.4) is 0 Å². The minimum Gasteiger partial charge on any atom is -0.350 e. The number of sulfonamides is 1. The van der Waals surface area contributed by atoms with Crippen molar-refractivity contribution in [2.24, 2.45) is 0 Å². The lowest BCUT2D eigenvalue weighted by Crippen LogP contribution is -2.43. The number of carbonyl (C=O) groups excluding carboxylic acids is 2. The number of halogens is 1. The van der Waals surface area contributed by atoms with Crippen molar-refractivity contribution >= 4 is 21.8 Å². The minimum atomic E-state index is -3.45. The highest BCUT2D eigenvalue weighted by atomic mass is 32.2. The van der Waals surface area contributed by atoms with Crippen molar-refractivity contribution in [2.75, 3.05) is 25.9 Å². The number of nitrogens with zero attached hydrogens (tertiary/aromatic N) is 1. The van der Waals surface area contributed by atoms with Gasteiger partial charge in [-0.1, -0.05) is 12.1 Å². The molecule has 23 heavy (non-hydrogen) atoms. The first kappa shape index (κ1) is 17.4. The Bertz CT molecular complexity index is 708. The van der Waals surface area contributed by atoms with E-state index in [9.17, 15) is 22.4 Å². The van der Waals surface area contributed by atoms with Crippen molar-refractivity contribution in [3.05, 3.63) is 35.6 Å². The van der Waals surface area contributed by atoms with Gasteiger partial charge in [-0.3, -0.25) is 9.59 Å². The number of amides is 2. The molecule has 0 spiro atoms. The second-order valence-electron chi connectivity index (χ2n) is 5.29. The van der Waals surface area contributed by atoms with Crippen LogP contribution < -0.4 is 10.0 Å². The Morgan fingerprint density at radius 3 is 2.74 bits per heavy atom. The van der Waals surface area contributed by atoms with Gasteiger partial charge in [0.1, 0.15) is 11.9 Å². The van der Waals surface area contributed by atoms with E-state index in [-0.39, 0.29) is 24.6 Å². The van der Waals surface area contributed by atoms with Crippen LogP contribution in [0.4, 0.5) is 4.39 Å². The van der Waals surface area contributed by atoms with E-state index in [0.29, 0.717) is 13.0 Å². The molecule has 1 aliphatic rings. The highest BCUT2D eigenvalue weighted by molar-refractivity contribution is 7.88. The third kappa shape index (κ3) is 4.73. The molecule has 1 saturated heterocycles. The first-order valence-electron chi connectivity index (χ1n) is 7.07. The van der Waals surface area contributed by atoms with Crippen LogP contribution in [0.25, 0.3) is 0 Å². The maximum absolute atomic E-state index is 13.4. The van der Waals surface area contributed by atoms with E-state index < -0.39 is 27.8 Å². The van der Waals surface area contributed by atoms with Gasteiger partial charge in [-0.05, 0) is 18.6 Å². The number of benzene rings is 1. The van der Waals surface area contributed by atoms with Crippen LogP contribution in [-0.4, -0.2) is 57.1 Å². The van der Waals surface area contributed by atoms with Gasteiger partial charge in [-0.2, -0.15) is 0 Å². The number of nitrogens with one attached hydrogen (secondary N) is 2. The molecule has 9 heteroatoms. The summed E-state index contributed by atoms with van der Waals surface area (Å²) in [5.74, 6) is -1.49. The monoisotopic (exact) mass is 343 g/mol. The van der Waals surface area contributed by atoms with Crippen molar-refractivity contribution in [3.63, 3.8) is 0 Å². The molecule has 0 saturated carbocycles. The molecule has 1 aliphatic heterocycles. The zero-order valence-electron chi connectivity index (χ0n) is 12.6. The molecule has 7 nitrogen and oxygen atoms in total. The summed E-state index contributed by atoms with van der Waals surface area (Å²) >= 11 is 0. The summed E-state index contributed by atoms with van der Waals surface area (Å²) in [5, 5.41) is 2.54. The zero-order valence-corrected chi connectivity index (χ0v) is 13.4. The van der Waals surface area contributed by atoms with Crippen molar-refractivity contribution < 1.29 is 22.4 Å². The van der Waals surface area contributed by atoms with Crippen LogP contribution in [0.1, 0.15) is 16.8 Å². The van der Waals surface area contributed by atoms with E-state index in [1.165, 1.54) is 23.1 Å². The number of hydrogen-bond donors (Lipinski definition) is 2. The lowest BCUT2D eigenvalue weighted by molar-refractivity contribution is -0.129. The van der Waals surface area contributed by atoms with Crippen LogP contribution in [0.5, 0.6) is 0 Å². The standard InChI is InChI=1S/C14H18FN3O4S/c1-23(21,22)17-12-6-8-18(14(12)20)9-7-16-13(19)10-4-2-3-5-11(10)15/h2-5,12,17H,6-9H2,1H3,(H,16,19). The van der Waals surface area contributed by atoms with Gasteiger partial charge < -0.3 is 10.2 Å². The SMILES string of the molecule is CS(=O)(=O)NC1CCN(CCNC(=O)c2ccccc2F)C1=O. The molecule has 2 rings (SSSR count). The quantitative estimate of drug-likeness (QED) is 0.742. The Morgan fingerprint density at radius 1 is 1.39 bits per heavy atom. The smallest absolute Gasteiger partial charge is 0.254 e. The molecular formula is C14H18FN3O4S. The molecule has 1 atom stereocenters. The second-order valence-corrected chi connectivity index (χ2v) is 7.07. The molecule has 0 bridgehead atoms. The van der Waals surface area contributed by atoms with E-state index in [0.717, 1.165) is 6.26 Å². The molecule has 1 heterocycles. The second kappa shape index (κ2) is 7.05. The average molecular weight is 343 g/mol. The molecule has 0 radical (unpaired) electrons. The first-order valence-corrected chi connectivity index (χ1v) is 8.96. The summed E-state index contributed by atoms with van der Waals surface area (Å²) in [6.07, 6.45) is 1.38. The Labute approximate surface area is 133 Å². The number of likely N-dealkylation sites (tertiary alicyclic amines) is 1. The van der Waals surface area contributed by atoms with Gasteiger partial charge in [-0.15, -0.1) is 0 Å². The minimum absolute atomic E-state index is 0.0585. The molecule has 1 aromatic rings. The molecule has 0 aromatic heterocycles. The summed E-state index contributed by atoms with van der Waals surface area (Å²) in [6, 6.07) is 4.86. The predicted molar refractivity (Wildman–Crippen MR) is 81.7 cm³/mol. The van der Waals surface area contributed by atoms with Gasteiger partial charge in [0, 0.05) is 19.6 Å². The maximum Gasteiger partial charge on any atom is 0.254 e. The summed E-state index contributed by atoms with van der Waals surface area (Å²) in [4.78, 5) is 25.3. The molecule has 126 valence electrons. The molecule has 1 fully saturated rings. The molecular weight excluding hydrogens is 325 g/mol. The molecule has 1 aromatic carbocycles. The van der Waals surface area contributed by atoms with Gasteiger partial charge in [0.2, 0.25) is 15.9 Å². The normalized spacial score (nSPS) is 18.3. The van der Waals surface area contributed by atoms with Gasteiger partial charge in [0.25, 0.3) is 5.91 Å². The maximum atomic E-state index is 13.4. The number of rotatable bonds is 6. The van der Waals surface area contributed by atoms with Crippen LogP contribution >= 0.6 is 0 Å². The van der Waals surface area contributed by atoms with Crippen LogP contribution in [-0.2, 0) is 14.8 Å². The van der Waals surface area contributed by atoms with Crippen LogP contribution in [0.15, 0.2) is 24.3 Å². The Kier molecular flexibility index (Phi) is 5.32. The molecule has 2 N–H and O–H groups in total. The summed E-state index contributed by atoms with van der Waals surface area (Å²) in [7, 11) is -3.45. The van der Waals surface area contributed by atoms with Gasteiger partial charge in [-0.25, -0.2) is 17.5 Å². The fourth-order valence-corrected chi connectivity index (χ4v) is 3.11. The lowest BCUT2D eigenvalue weighted by atomic mass is 10.2. The molecule has 0 aliphatic carbocycles. The van der Waals surface area contributed by atoms with Crippen LogP contribution in [0.2, 0.25) is 0 Å². The largest absolute Gasteiger partial charge is 0.350 e. The topological polar surface area (TPSA) is 95.6 Å². The summed E-state index contributed by atoms with van der Waals surface area (Å²) in [5.41, 5.74) is -0.0585. The van der Waals surface area contributed by atoms with E-state index in [2.05, 4.69) is 10.0 Å². The van der Waals surface area contributed by atoms with Crippen molar-refractivity contribution in [3.8, 4) is 0 Å². The summed E-state index contributed by atoms with van der Waals surface area (Å²) < 4.78 is 38.0. The van der Waals surface area contributed by atoms with Crippen LogP contribution in [0, 0.1) is 5.82 Å². The molecule has 2 amide bonds. The fraction of sp³-hybridized carbons (Fsp3) is 0.429. The Morgan fingerprint density at radius 2 is 2.09 bits per heavy atom. The highest BCUT2D eigenvalue weighted by Crippen LogP contribution is 2.11. The zero-order chi connectivity index (χ0) is 17.0. The average Bonchev–Trinajstić information content (AvgIpc) is 2.79. The predicted octanol–water partition coefficient (Wildman–Crippen LogP) is -0.294. The van der Waals surface area contributed by atoms with E-state index >= 15 is 0 Å². The van der Waals surface area contributed by atoms with Crippen molar-refractivity contribution in [2.45, 2.75) is 12.5 Å². The fourth-order valence-electron chi connectivity index (χ4n) is 2.37. The number of carbonyl (C=O) groups is 2. The Balaban J connectivity index is 1.82. The first-order chi connectivity index (χ1) is 10.8. The third-order valence-electron chi connectivity index (χ3n) is 3.44. The molecule has 1 unspecified atom stereocenters. The lowest BCUT2D eigenvalue weighted by Gasteiger charge is -2.17. The van der Waals surface area contributed by atoms with Crippen molar-refractivity contribution in [1.29, 1.82) is 0 Å². The van der Waals surface area contributed by atoms with E-state index in [1.807, 2.05) is 0 Å². The Hall–Kier alpha value is -2.00. The van der Waals surface area contributed by atoms with E-state index in [1.54, 1.807) is 6.07 Å². The summed E-state index contributed by atoms with van der Waals surface area (Å²) in [6.45, 7) is 0.799. The van der Waals surface area contributed by atoms with Gasteiger partial charge in [0.15, 0.2) is 0 Å². The third-order valence-corrected chi connectivity index (χ3v) is 4.15. The van der Waals surface area contributed by atoms with Gasteiger partial charge in [0.05, 0.1) is 11.8 Å². The highest BCUT2D eigenvalue weighted by Gasteiger charge is 2.33. The van der Waals surface area contributed by atoms with Crippen molar-refractivity contribution in [1.82, 2.24) is 14.9 Å². The van der Waals surface area contributed by atoms with E-state index in [4.69, 9.17) is 0 Å².